The summed E-state index contributed by atoms with van der Waals surface area (Å²) in [7, 11) is -1.64. The number of thiophene rings is 1. The van der Waals surface area contributed by atoms with Crippen LogP contribution in [0.5, 0.6) is 0 Å². The molecule has 0 radical (unpaired) electrons. The molecule has 1 N–H and O–H groups in total. The van der Waals surface area contributed by atoms with Crippen molar-refractivity contribution in [3.63, 3.8) is 0 Å². The standard InChI is InChI=1S/C20H25N3O2S2/c1-13-10-14(2)16(4)20(15(13)3)27(24,25)22-9-8-18-6-7-19(26-18)17-11-21-23(5)12-17/h6-7,10-12,22H,8-9H2,1-5H3. The van der Waals surface area contributed by atoms with Crippen molar-refractivity contribution in [3.8, 4) is 10.4 Å². The van der Waals surface area contributed by atoms with Crippen molar-refractivity contribution in [2.24, 2.45) is 7.05 Å². The molecule has 0 aliphatic carbocycles. The second-order valence-electron chi connectivity index (χ2n) is 6.91. The van der Waals surface area contributed by atoms with Crippen LogP contribution < -0.4 is 4.72 Å². The summed E-state index contributed by atoms with van der Waals surface area (Å²) in [6.07, 6.45) is 4.47. The van der Waals surface area contributed by atoms with Crippen LogP contribution in [-0.4, -0.2) is 24.7 Å². The number of rotatable bonds is 6. The van der Waals surface area contributed by atoms with Gasteiger partial charge < -0.3 is 0 Å². The molecule has 0 aliphatic rings. The summed E-state index contributed by atoms with van der Waals surface area (Å²) in [6.45, 7) is 8.02. The number of aryl methyl sites for hydroxylation is 3. The van der Waals surface area contributed by atoms with Gasteiger partial charge in [-0.2, -0.15) is 5.10 Å². The van der Waals surface area contributed by atoms with Crippen LogP contribution in [0.3, 0.4) is 0 Å². The van der Waals surface area contributed by atoms with E-state index in [0.29, 0.717) is 17.9 Å². The molecule has 0 aliphatic heterocycles. The van der Waals surface area contributed by atoms with Gasteiger partial charge in [-0.3, -0.25) is 4.68 Å². The van der Waals surface area contributed by atoms with E-state index < -0.39 is 10.0 Å². The third kappa shape index (κ3) is 4.15. The molecular formula is C20H25N3O2S2. The molecule has 7 heteroatoms. The summed E-state index contributed by atoms with van der Waals surface area (Å²) in [5.74, 6) is 0. The van der Waals surface area contributed by atoms with E-state index in [2.05, 4.69) is 22.0 Å². The number of nitrogens with zero attached hydrogens (tertiary/aromatic N) is 2. The number of hydrogen-bond donors (Lipinski definition) is 1. The maximum absolute atomic E-state index is 12.9. The van der Waals surface area contributed by atoms with E-state index >= 15 is 0 Å². The normalized spacial score (nSPS) is 11.9. The lowest BCUT2D eigenvalue weighted by Gasteiger charge is -2.16. The van der Waals surface area contributed by atoms with Crippen molar-refractivity contribution in [3.05, 3.63) is 57.7 Å². The first kappa shape index (κ1) is 19.8. The highest BCUT2D eigenvalue weighted by molar-refractivity contribution is 7.89. The number of hydrogen-bond acceptors (Lipinski definition) is 4. The fourth-order valence-electron chi connectivity index (χ4n) is 3.18. The quantitative estimate of drug-likeness (QED) is 0.679. The van der Waals surface area contributed by atoms with Gasteiger partial charge in [0, 0.05) is 35.1 Å². The highest BCUT2D eigenvalue weighted by atomic mass is 32.2. The molecule has 2 heterocycles. The first-order chi connectivity index (χ1) is 12.7. The zero-order valence-corrected chi connectivity index (χ0v) is 18.0. The van der Waals surface area contributed by atoms with Crippen molar-refractivity contribution in [2.75, 3.05) is 6.54 Å². The Labute approximate surface area is 165 Å². The fourth-order valence-corrected chi connectivity index (χ4v) is 5.81. The van der Waals surface area contributed by atoms with Crippen LogP contribution in [0.15, 0.2) is 35.5 Å². The zero-order valence-electron chi connectivity index (χ0n) is 16.3. The molecule has 0 spiro atoms. The zero-order chi connectivity index (χ0) is 19.8. The minimum atomic E-state index is -3.54. The highest BCUT2D eigenvalue weighted by Crippen LogP contribution is 2.28. The maximum Gasteiger partial charge on any atom is 0.241 e. The summed E-state index contributed by atoms with van der Waals surface area (Å²) in [5.41, 5.74) is 4.72. The molecule has 27 heavy (non-hydrogen) atoms. The Morgan fingerprint density at radius 3 is 2.37 bits per heavy atom. The molecule has 2 aromatic heterocycles. The third-order valence-corrected chi connectivity index (χ3v) is 7.81. The molecule has 144 valence electrons. The molecule has 0 bridgehead atoms. The Kier molecular flexibility index (Phi) is 5.55. The smallest absolute Gasteiger partial charge is 0.241 e. The van der Waals surface area contributed by atoms with Crippen LogP contribution in [0, 0.1) is 27.7 Å². The van der Waals surface area contributed by atoms with E-state index in [1.165, 1.54) is 0 Å². The number of sulfonamides is 1. The van der Waals surface area contributed by atoms with Gasteiger partial charge in [0.2, 0.25) is 10.0 Å². The molecule has 0 unspecified atom stereocenters. The van der Waals surface area contributed by atoms with Crippen molar-refractivity contribution >= 4 is 21.4 Å². The molecule has 3 rings (SSSR count). The topological polar surface area (TPSA) is 64.0 Å². The van der Waals surface area contributed by atoms with E-state index in [4.69, 9.17) is 0 Å². The van der Waals surface area contributed by atoms with Gasteiger partial charge in [-0.05, 0) is 68.5 Å². The summed E-state index contributed by atoms with van der Waals surface area (Å²) < 4.78 is 30.3. The molecule has 3 aromatic rings. The SMILES string of the molecule is Cc1cc(C)c(C)c(S(=O)(=O)NCCc2ccc(-c3cnn(C)c3)s2)c1C. The van der Waals surface area contributed by atoms with Gasteiger partial charge in [0.1, 0.15) is 0 Å². The van der Waals surface area contributed by atoms with Crippen LogP contribution in [0.1, 0.15) is 27.1 Å². The lowest BCUT2D eigenvalue weighted by Crippen LogP contribution is -2.27. The predicted octanol–water partition coefficient (Wildman–Crippen LogP) is 3.90. The van der Waals surface area contributed by atoms with Crippen LogP contribution >= 0.6 is 11.3 Å². The van der Waals surface area contributed by atoms with Gasteiger partial charge in [-0.1, -0.05) is 6.07 Å². The Hall–Kier alpha value is -1.96. The van der Waals surface area contributed by atoms with Gasteiger partial charge in [0.15, 0.2) is 0 Å². The highest BCUT2D eigenvalue weighted by Gasteiger charge is 2.21. The summed E-state index contributed by atoms with van der Waals surface area (Å²) in [6, 6.07) is 6.15. The van der Waals surface area contributed by atoms with Gasteiger partial charge in [-0.15, -0.1) is 11.3 Å². The van der Waals surface area contributed by atoms with Crippen LogP contribution in [0.4, 0.5) is 0 Å². The Bertz CT molecular complexity index is 1050. The Morgan fingerprint density at radius 2 is 1.78 bits per heavy atom. The Morgan fingerprint density at radius 1 is 1.11 bits per heavy atom. The minimum absolute atomic E-state index is 0.376. The number of benzene rings is 1. The van der Waals surface area contributed by atoms with Crippen molar-refractivity contribution in [2.45, 2.75) is 39.0 Å². The number of nitrogens with one attached hydrogen (secondary N) is 1. The second kappa shape index (κ2) is 7.58. The lowest BCUT2D eigenvalue weighted by atomic mass is 10.0. The third-order valence-electron chi connectivity index (χ3n) is 4.88. The van der Waals surface area contributed by atoms with E-state index in [1.807, 2.05) is 53.2 Å². The van der Waals surface area contributed by atoms with Crippen LogP contribution in [0.25, 0.3) is 10.4 Å². The lowest BCUT2D eigenvalue weighted by molar-refractivity contribution is 0.580. The van der Waals surface area contributed by atoms with E-state index in [9.17, 15) is 8.42 Å². The van der Waals surface area contributed by atoms with E-state index in [1.54, 1.807) is 16.0 Å². The summed E-state index contributed by atoms with van der Waals surface area (Å²) >= 11 is 1.67. The summed E-state index contributed by atoms with van der Waals surface area (Å²) in [5, 5.41) is 4.19. The van der Waals surface area contributed by atoms with Crippen LogP contribution in [0.2, 0.25) is 0 Å². The van der Waals surface area contributed by atoms with Gasteiger partial charge in [0.05, 0.1) is 11.1 Å². The first-order valence-electron chi connectivity index (χ1n) is 8.84. The Balaban J connectivity index is 1.71. The fraction of sp³-hybridized carbons (Fsp3) is 0.350. The van der Waals surface area contributed by atoms with E-state index in [0.717, 1.165) is 37.6 Å². The largest absolute Gasteiger partial charge is 0.275 e. The average molecular weight is 404 g/mol. The molecule has 0 fully saturated rings. The number of aromatic nitrogens is 2. The molecule has 5 nitrogen and oxygen atoms in total. The maximum atomic E-state index is 12.9. The van der Waals surface area contributed by atoms with Gasteiger partial charge >= 0.3 is 0 Å². The molecule has 1 aromatic carbocycles. The predicted molar refractivity (Wildman–Crippen MR) is 111 cm³/mol. The average Bonchev–Trinajstić information content (AvgIpc) is 3.22. The summed E-state index contributed by atoms with van der Waals surface area (Å²) in [4.78, 5) is 2.70. The second-order valence-corrected chi connectivity index (χ2v) is 9.78. The van der Waals surface area contributed by atoms with Gasteiger partial charge in [0.25, 0.3) is 0 Å². The van der Waals surface area contributed by atoms with Crippen molar-refractivity contribution < 1.29 is 8.42 Å². The molecule has 0 saturated carbocycles. The molecular weight excluding hydrogens is 378 g/mol. The molecule has 0 amide bonds. The molecule has 0 saturated heterocycles. The van der Waals surface area contributed by atoms with Crippen molar-refractivity contribution in [1.29, 1.82) is 0 Å². The van der Waals surface area contributed by atoms with Crippen LogP contribution in [-0.2, 0) is 23.5 Å². The minimum Gasteiger partial charge on any atom is -0.275 e. The van der Waals surface area contributed by atoms with Crippen molar-refractivity contribution in [1.82, 2.24) is 14.5 Å². The first-order valence-corrected chi connectivity index (χ1v) is 11.1. The monoisotopic (exact) mass is 403 g/mol. The molecule has 0 atom stereocenters. The van der Waals surface area contributed by atoms with E-state index in [-0.39, 0.29) is 0 Å². The van der Waals surface area contributed by atoms with Gasteiger partial charge in [-0.25, -0.2) is 13.1 Å².